The molecule has 1 aromatic heterocycles. The van der Waals surface area contributed by atoms with E-state index in [-0.39, 0.29) is 5.92 Å². The lowest BCUT2D eigenvalue weighted by Crippen LogP contribution is -2.48. The smallest absolute Gasteiger partial charge is 0.321 e. The van der Waals surface area contributed by atoms with Gasteiger partial charge in [0.2, 0.25) is 5.91 Å². The van der Waals surface area contributed by atoms with E-state index in [4.69, 9.17) is 5.73 Å². The van der Waals surface area contributed by atoms with E-state index < -0.39 is 17.9 Å². The van der Waals surface area contributed by atoms with Crippen LogP contribution in [0.2, 0.25) is 0 Å². The molecule has 2 atom stereocenters. The molecule has 3 N–H and O–H groups in total. The van der Waals surface area contributed by atoms with Gasteiger partial charge in [-0.3, -0.25) is 14.5 Å². The van der Waals surface area contributed by atoms with Crippen molar-refractivity contribution in [3.05, 3.63) is 40.9 Å². The lowest BCUT2D eigenvalue weighted by molar-refractivity contribution is -0.147. The summed E-state index contributed by atoms with van der Waals surface area (Å²) in [5, 5.41) is 12.3. The number of benzene rings is 1. The summed E-state index contributed by atoms with van der Waals surface area (Å²) in [6, 6.07) is 6.57. The molecule has 0 saturated carbocycles. The van der Waals surface area contributed by atoms with Gasteiger partial charge in [0.05, 0.1) is 5.69 Å². The molecule has 0 bridgehead atoms. The minimum atomic E-state index is -0.760. The van der Waals surface area contributed by atoms with Gasteiger partial charge in [-0.05, 0) is 37.4 Å². The lowest BCUT2D eigenvalue weighted by Gasteiger charge is -2.36. The molecule has 1 aliphatic heterocycles. The van der Waals surface area contributed by atoms with Crippen LogP contribution in [0.3, 0.4) is 0 Å². The number of rotatable bonds is 5. The number of carbonyl (C=O) groups excluding carboxylic acids is 1. The molecule has 1 saturated heterocycles. The van der Waals surface area contributed by atoms with Gasteiger partial charge >= 0.3 is 5.97 Å². The summed E-state index contributed by atoms with van der Waals surface area (Å²) < 4.78 is 0. The molecule has 25 heavy (non-hydrogen) atoms. The third kappa shape index (κ3) is 3.88. The fourth-order valence-electron chi connectivity index (χ4n) is 3.35. The van der Waals surface area contributed by atoms with Crippen molar-refractivity contribution in [2.24, 2.45) is 11.7 Å². The largest absolute Gasteiger partial charge is 0.480 e. The number of carboxylic acids is 1. The van der Waals surface area contributed by atoms with Crippen molar-refractivity contribution in [2.45, 2.75) is 32.4 Å². The Kier molecular flexibility index (Phi) is 5.15. The summed E-state index contributed by atoms with van der Waals surface area (Å²) in [6.07, 6.45) is 1.96. The van der Waals surface area contributed by atoms with Crippen molar-refractivity contribution >= 4 is 23.2 Å². The molecule has 0 radical (unpaired) electrons. The fraction of sp³-hybridized carbons (Fsp3) is 0.389. The monoisotopic (exact) mass is 359 g/mol. The highest BCUT2D eigenvalue weighted by molar-refractivity contribution is 7.13. The van der Waals surface area contributed by atoms with Crippen molar-refractivity contribution in [3.8, 4) is 10.6 Å². The third-order valence-electron chi connectivity index (χ3n) is 4.62. The van der Waals surface area contributed by atoms with Crippen LogP contribution < -0.4 is 5.73 Å². The summed E-state index contributed by atoms with van der Waals surface area (Å²) in [4.78, 5) is 29.4. The number of carbonyl (C=O) groups is 2. The first-order valence-corrected chi connectivity index (χ1v) is 9.15. The standard InChI is InChI=1S/C18H21N3O3S/c1-11-3-2-8-21(15(11)18(23)24)9-14-10-25-17(20-14)13-6-4-12(5-7-13)16(19)22/h4-7,10-11,15H,2-3,8-9H2,1H3,(H2,19,22)(H,23,24). The molecule has 3 rings (SSSR count). The molecule has 7 heteroatoms. The Balaban J connectivity index is 1.74. The number of piperidine rings is 1. The number of primary amides is 1. The van der Waals surface area contributed by atoms with E-state index >= 15 is 0 Å². The quantitative estimate of drug-likeness (QED) is 0.855. The van der Waals surface area contributed by atoms with Gasteiger partial charge < -0.3 is 10.8 Å². The molecular formula is C18H21N3O3S. The summed E-state index contributed by atoms with van der Waals surface area (Å²) in [5.41, 5.74) is 7.51. The number of nitrogens with two attached hydrogens (primary N) is 1. The highest BCUT2D eigenvalue weighted by Crippen LogP contribution is 2.28. The topological polar surface area (TPSA) is 96.5 Å². The third-order valence-corrected chi connectivity index (χ3v) is 5.56. The minimum absolute atomic E-state index is 0.144. The van der Waals surface area contributed by atoms with Crippen LogP contribution in [-0.4, -0.2) is 39.5 Å². The molecule has 0 spiro atoms. The Morgan fingerprint density at radius 2 is 2.08 bits per heavy atom. The number of amides is 1. The number of thiazole rings is 1. The van der Waals surface area contributed by atoms with Gasteiger partial charge in [-0.15, -0.1) is 11.3 Å². The number of likely N-dealkylation sites (tertiary alicyclic amines) is 1. The van der Waals surface area contributed by atoms with E-state index in [0.29, 0.717) is 12.1 Å². The van der Waals surface area contributed by atoms with E-state index in [9.17, 15) is 14.7 Å². The van der Waals surface area contributed by atoms with Crippen molar-refractivity contribution in [3.63, 3.8) is 0 Å². The second-order valence-electron chi connectivity index (χ2n) is 6.46. The summed E-state index contributed by atoms with van der Waals surface area (Å²) in [7, 11) is 0. The van der Waals surface area contributed by atoms with Crippen LogP contribution in [-0.2, 0) is 11.3 Å². The highest BCUT2D eigenvalue weighted by Gasteiger charge is 2.34. The Labute approximate surface area is 150 Å². The van der Waals surface area contributed by atoms with Crippen molar-refractivity contribution in [1.82, 2.24) is 9.88 Å². The lowest BCUT2D eigenvalue weighted by atomic mass is 9.91. The van der Waals surface area contributed by atoms with Crippen molar-refractivity contribution in [1.29, 1.82) is 0 Å². The first-order valence-electron chi connectivity index (χ1n) is 8.27. The molecule has 132 valence electrons. The van der Waals surface area contributed by atoms with Gasteiger partial charge in [-0.1, -0.05) is 19.1 Å². The Hall–Kier alpha value is -2.25. The van der Waals surface area contributed by atoms with E-state index in [1.165, 1.54) is 11.3 Å². The SMILES string of the molecule is CC1CCCN(Cc2csc(-c3ccc(C(N)=O)cc3)n2)C1C(=O)O. The van der Waals surface area contributed by atoms with Crippen LogP contribution in [0.4, 0.5) is 0 Å². The Morgan fingerprint density at radius 1 is 1.36 bits per heavy atom. The average Bonchev–Trinajstić information content (AvgIpc) is 3.03. The molecule has 6 nitrogen and oxygen atoms in total. The maximum atomic E-state index is 11.6. The van der Waals surface area contributed by atoms with E-state index in [2.05, 4.69) is 4.98 Å². The summed E-state index contributed by atoms with van der Waals surface area (Å²) >= 11 is 1.51. The Bertz CT molecular complexity index is 772. The number of hydrogen-bond donors (Lipinski definition) is 2. The van der Waals surface area contributed by atoms with E-state index in [1.807, 2.05) is 29.3 Å². The number of aromatic nitrogens is 1. The zero-order valence-electron chi connectivity index (χ0n) is 14.0. The van der Waals surface area contributed by atoms with Gasteiger partial charge in [-0.25, -0.2) is 4.98 Å². The van der Waals surface area contributed by atoms with Crippen molar-refractivity contribution in [2.75, 3.05) is 6.54 Å². The molecular weight excluding hydrogens is 338 g/mol. The Morgan fingerprint density at radius 3 is 2.72 bits per heavy atom. The van der Waals surface area contributed by atoms with Gasteiger partial charge in [0.25, 0.3) is 0 Å². The highest BCUT2D eigenvalue weighted by atomic mass is 32.1. The first kappa shape index (κ1) is 17.6. The van der Waals surface area contributed by atoms with Gasteiger partial charge in [0, 0.05) is 23.1 Å². The second kappa shape index (κ2) is 7.33. The summed E-state index contributed by atoms with van der Waals surface area (Å²) in [6.45, 7) is 3.32. The maximum absolute atomic E-state index is 11.6. The van der Waals surface area contributed by atoms with Crippen molar-refractivity contribution < 1.29 is 14.7 Å². The van der Waals surface area contributed by atoms with Crippen LogP contribution >= 0.6 is 11.3 Å². The average molecular weight is 359 g/mol. The number of aliphatic carboxylic acids is 1. The van der Waals surface area contributed by atoms with Crippen LogP contribution in [0, 0.1) is 5.92 Å². The predicted octanol–water partition coefficient (Wildman–Crippen LogP) is 2.59. The zero-order valence-corrected chi connectivity index (χ0v) is 14.8. The predicted molar refractivity (Wildman–Crippen MR) is 96.3 cm³/mol. The number of nitrogens with zero attached hydrogens (tertiary/aromatic N) is 2. The number of carboxylic acid groups (broad SMARTS) is 1. The van der Waals surface area contributed by atoms with E-state index in [1.54, 1.807) is 12.1 Å². The van der Waals surface area contributed by atoms with E-state index in [0.717, 1.165) is 35.7 Å². The van der Waals surface area contributed by atoms with Crippen LogP contribution in [0.15, 0.2) is 29.6 Å². The van der Waals surface area contributed by atoms with Gasteiger partial charge in [0.15, 0.2) is 0 Å². The number of hydrogen-bond acceptors (Lipinski definition) is 5. The minimum Gasteiger partial charge on any atom is -0.480 e. The molecule has 1 fully saturated rings. The second-order valence-corrected chi connectivity index (χ2v) is 7.32. The van der Waals surface area contributed by atoms with Gasteiger partial charge in [0.1, 0.15) is 11.0 Å². The van der Waals surface area contributed by atoms with Crippen LogP contribution in [0.5, 0.6) is 0 Å². The maximum Gasteiger partial charge on any atom is 0.321 e. The molecule has 1 aliphatic rings. The first-order chi connectivity index (χ1) is 12.0. The molecule has 2 unspecified atom stereocenters. The molecule has 2 aromatic rings. The molecule has 2 heterocycles. The van der Waals surface area contributed by atoms with Crippen LogP contribution in [0.1, 0.15) is 35.8 Å². The molecule has 0 aliphatic carbocycles. The fourth-order valence-corrected chi connectivity index (χ4v) is 4.16. The normalized spacial score (nSPS) is 21.2. The summed E-state index contributed by atoms with van der Waals surface area (Å²) in [5.74, 6) is -1.07. The molecule has 1 aromatic carbocycles. The zero-order chi connectivity index (χ0) is 18.0. The molecule has 1 amide bonds. The van der Waals surface area contributed by atoms with Gasteiger partial charge in [-0.2, -0.15) is 0 Å². The van der Waals surface area contributed by atoms with Crippen LogP contribution in [0.25, 0.3) is 10.6 Å².